The smallest absolute Gasteiger partial charge is 0.193 e. The second-order valence-electron chi connectivity index (χ2n) is 5.44. The fraction of sp³-hybridized carbons (Fsp3) is 0.263. The van der Waals surface area contributed by atoms with Crippen molar-refractivity contribution in [3.05, 3.63) is 65.5 Å². The fourth-order valence-corrected chi connectivity index (χ4v) is 2.25. The number of halogens is 1. The summed E-state index contributed by atoms with van der Waals surface area (Å²) >= 11 is 0. The molecule has 0 atom stereocenters. The SMILES string of the molecule is CN=C(NCc1cccc(C#N)c1)N(C)CCOc1ccc(F)cc1. The lowest BCUT2D eigenvalue weighted by Crippen LogP contribution is -2.40. The Morgan fingerprint density at radius 2 is 2.04 bits per heavy atom. The molecule has 0 aliphatic rings. The molecule has 0 amide bonds. The molecule has 0 aliphatic carbocycles. The molecule has 6 heteroatoms. The van der Waals surface area contributed by atoms with Gasteiger partial charge in [-0.2, -0.15) is 5.26 Å². The van der Waals surface area contributed by atoms with Crippen molar-refractivity contribution in [1.82, 2.24) is 10.2 Å². The molecule has 1 N–H and O–H groups in total. The van der Waals surface area contributed by atoms with E-state index in [0.29, 0.717) is 31.0 Å². The van der Waals surface area contributed by atoms with Gasteiger partial charge in [-0.05, 0) is 42.0 Å². The van der Waals surface area contributed by atoms with Crippen LogP contribution < -0.4 is 10.1 Å². The molecule has 0 bridgehead atoms. The Morgan fingerprint density at radius 1 is 1.28 bits per heavy atom. The number of nitrogens with one attached hydrogen (secondary N) is 1. The standard InChI is InChI=1S/C19H21FN4O/c1-22-19(23-14-16-5-3-4-15(12-16)13-21)24(2)10-11-25-18-8-6-17(20)7-9-18/h3-9,12H,10-11,14H2,1-2H3,(H,22,23). The summed E-state index contributed by atoms with van der Waals surface area (Å²) < 4.78 is 18.4. The molecule has 2 rings (SSSR count). The fourth-order valence-electron chi connectivity index (χ4n) is 2.25. The lowest BCUT2D eigenvalue weighted by atomic mass is 10.1. The molecular formula is C19H21FN4O. The van der Waals surface area contributed by atoms with E-state index in [1.54, 1.807) is 25.2 Å². The van der Waals surface area contributed by atoms with Crippen molar-refractivity contribution in [2.24, 2.45) is 4.99 Å². The number of nitrogens with zero attached hydrogens (tertiary/aromatic N) is 3. The van der Waals surface area contributed by atoms with Crippen molar-refractivity contribution in [2.45, 2.75) is 6.54 Å². The van der Waals surface area contributed by atoms with Crippen LogP contribution in [0.2, 0.25) is 0 Å². The van der Waals surface area contributed by atoms with Crippen LogP contribution in [0, 0.1) is 17.1 Å². The minimum absolute atomic E-state index is 0.283. The van der Waals surface area contributed by atoms with E-state index in [0.717, 1.165) is 11.5 Å². The Balaban J connectivity index is 1.81. The Hall–Kier alpha value is -3.07. The van der Waals surface area contributed by atoms with E-state index in [9.17, 15) is 4.39 Å². The number of aliphatic imine (C=N–C) groups is 1. The van der Waals surface area contributed by atoms with E-state index in [2.05, 4.69) is 16.4 Å². The molecule has 0 unspecified atom stereocenters. The number of ether oxygens (including phenoxy) is 1. The molecule has 5 nitrogen and oxygen atoms in total. The van der Waals surface area contributed by atoms with Crippen LogP contribution in [0.25, 0.3) is 0 Å². The minimum Gasteiger partial charge on any atom is -0.492 e. The van der Waals surface area contributed by atoms with Crippen LogP contribution in [0.4, 0.5) is 4.39 Å². The van der Waals surface area contributed by atoms with Crippen molar-refractivity contribution in [3.8, 4) is 11.8 Å². The van der Waals surface area contributed by atoms with E-state index < -0.39 is 0 Å². The topological polar surface area (TPSA) is 60.7 Å². The van der Waals surface area contributed by atoms with Crippen LogP contribution in [0.3, 0.4) is 0 Å². The van der Waals surface area contributed by atoms with Gasteiger partial charge in [-0.1, -0.05) is 12.1 Å². The largest absolute Gasteiger partial charge is 0.492 e. The van der Waals surface area contributed by atoms with E-state index in [1.165, 1.54) is 12.1 Å². The van der Waals surface area contributed by atoms with Gasteiger partial charge < -0.3 is 15.0 Å². The maximum absolute atomic E-state index is 12.9. The first-order valence-corrected chi connectivity index (χ1v) is 7.91. The molecule has 2 aromatic rings. The lowest BCUT2D eigenvalue weighted by Gasteiger charge is -2.22. The van der Waals surface area contributed by atoms with Crippen LogP contribution in [0.1, 0.15) is 11.1 Å². The average molecular weight is 340 g/mol. The Bertz CT molecular complexity index is 753. The quantitative estimate of drug-likeness (QED) is 0.649. The highest BCUT2D eigenvalue weighted by Crippen LogP contribution is 2.10. The van der Waals surface area contributed by atoms with Crippen molar-refractivity contribution >= 4 is 5.96 Å². The molecule has 0 radical (unpaired) electrons. The summed E-state index contributed by atoms with van der Waals surface area (Å²) in [6.45, 7) is 1.65. The van der Waals surface area contributed by atoms with Crippen molar-refractivity contribution in [2.75, 3.05) is 27.2 Å². The lowest BCUT2D eigenvalue weighted by molar-refractivity contribution is 0.281. The molecule has 0 spiro atoms. The van der Waals surface area contributed by atoms with E-state index in [1.807, 2.05) is 30.1 Å². The monoisotopic (exact) mass is 340 g/mol. The first kappa shape index (κ1) is 18.3. The normalized spacial score (nSPS) is 10.9. The van der Waals surface area contributed by atoms with Gasteiger partial charge in [0, 0.05) is 20.6 Å². The molecule has 0 aliphatic heterocycles. The zero-order valence-electron chi connectivity index (χ0n) is 14.4. The third-order valence-corrected chi connectivity index (χ3v) is 3.59. The Kier molecular flexibility index (Phi) is 6.78. The Morgan fingerprint density at radius 3 is 2.72 bits per heavy atom. The number of rotatable bonds is 6. The van der Waals surface area contributed by atoms with E-state index in [-0.39, 0.29) is 5.82 Å². The molecule has 25 heavy (non-hydrogen) atoms. The van der Waals surface area contributed by atoms with Gasteiger partial charge in [-0.3, -0.25) is 4.99 Å². The van der Waals surface area contributed by atoms with E-state index in [4.69, 9.17) is 10.00 Å². The number of likely N-dealkylation sites (N-methyl/N-ethyl adjacent to an activating group) is 1. The summed E-state index contributed by atoms with van der Waals surface area (Å²) in [6.07, 6.45) is 0. The highest BCUT2D eigenvalue weighted by molar-refractivity contribution is 5.79. The summed E-state index contributed by atoms with van der Waals surface area (Å²) in [5, 5.41) is 12.2. The zero-order valence-corrected chi connectivity index (χ0v) is 14.4. The number of hydrogen-bond acceptors (Lipinski definition) is 3. The molecular weight excluding hydrogens is 319 g/mol. The van der Waals surface area contributed by atoms with Crippen LogP contribution in [-0.4, -0.2) is 38.1 Å². The molecule has 0 aromatic heterocycles. The maximum Gasteiger partial charge on any atom is 0.193 e. The minimum atomic E-state index is -0.283. The van der Waals surface area contributed by atoms with Gasteiger partial charge in [0.1, 0.15) is 18.2 Å². The summed E-state index contributed by atoms with van der Waals surface area (Å²) in [5.41, 5.74) is 1.64. The van der Waals surface area contributed by atoms with Crippen molar-refractivity contribution in [1.29, 1.82) is 5.26 Å². The number of guanidine groups is 1. The maximum atomic E-state index is 12.9. The predicted octanol–water partition coefficient (Wildman–Crippen LogP) is 2.78. The average Bonchev–Trinajstić information content (AvgIpc) is 2.64. The second-order valence-corrected chi connectivity index (χ2v) is 5.44. The van der Waals surface area contributed by atoms with E-state index >= 15 is 0 Å². The van der Waals surface area contributed by atoms with Gasteiger partial charge in [0.25, 0.3) is 0 Å². The predicted molar refractivity (Wildman–Crippen MR) is 95.9 cm³/mol. The van der Waals surface area contributed by atoms with Crippen LogP contribution in [-0.2, 0) is 6.54 Å². The second kappa shape index (κ2) is 9.28. The van der Waals surface area contributed by atoms with Gasteiger partial charge in [0.15, 0.2) is 5.96 Å². The highest BCUT2D eigenvalue weighted by Gasteiger charge is 2.06. The molecule has 0 fully saturated rings. The molecule has 0 saturated heterocycles. The van der Waals surface area contributed by atoms with Crippen molar-refractivity contribution in [3.63, 3.8) is 0 Å². The highest BCUT2D eigenvalue weighted by atomic mass is 19.1. The van der Waals surface area contributed by atoms with Gasteiger partial charge in [-0.25, -0.2) is 4.39 Å². The third kappa shape index (κ3) is 5.81. The summed E-state index contributed by atoms with van der Waals surface area (Å²) in [5.74, 6) is 1.07. The number of nitriles is 1. The van der Waals surface area contributed by atoms with Gasteiger partial charge in [0.05, 0.1) is 18.2 Å². The summed E-state index contributed by atoms with van der Waals surface area (Å²) in [7, 11) is 3.63. The van der Waals surface area contributed by atoms with Crippen molar-refractivity contribution < 1.29 is 9.13 Å². The zero-order chi connectivity index (χ0) is 18.1. The summed E-state index contributed by atoms with van der Waals surface area (Å²) in [4.78, 5) is 6.19. The van der Waals surface area contributed by atoms with Gasteiger partial charge in [-0.15, -0.1) is 0 Å². The molecule has 0 heterocycles. The Labute approximate surface area is 147 Å². The van der Waals surface area contributed by atoms with Crippen LogP contribution >= 0.6 is 0 Å². The first-order valence-electron chi connectivity index (χ1n) is 7.91. The van der Waals surface area contributed by atoms with Gasteiger partial charge >= 0.3 is 0 Å². The number of benzene rings is 2. The first-order chi connectivity index (χ1) is 12.1. The number of hydrogen-bond donors (Lipinski definition) is 1. The van der Waals surface area contributed by atoms with Crippen LogP contribution in [0.5, 0.6) is 5.75 Å². The molecule has 130 valence electrons. The van der Waals surface area contributed by atoms with Gasteiger partial charge in [0.2, 0.25) is 0 Å². The molecule has 0 saturated carbocycles. The van der Waals surface area contributed by atoms with Crippen LogP contribution in [0.15, 0.2) is 53.5 Å². The summed E-state index contributed by atoms with van der Waals surface area (Å²) in [6, 6.07) is 15.5. The molecule has 2 aromatic carbocycles. The third-order valence-electron chi connectivity index (χ3n) is 3.59.